The van der Waals surface area contributed by atoms with E-state index < -0.39 is 17.9 Å². The fourth-order valence-electron chi connectivity index (χ4n) is 2.65. The first kappa shape index (κ1) is 20.3. The minimum Gasteiger partial charge on any atom is -0.480 e. The minimum atomic E-state index is -4.72. The van der Waals surface area contributed by atoms with Gasteiger partial charge in [0.25, 0.3) is 0 Å². The van der Waals surface area contributed by atoms with Gasteiger partial charge in [-0.1, -0.05) is 38.0 Å². The Morgan fingerprint density at radius 1 is 1.33 bits per heavy atom. The zero-order chi connectivity index (χ0) is 18.4. The van der Waals surface area contributed by atoms with E-state index in [2.05, 4.69) is 4.74 Å². The molecule has 0 aliphatic carbocycles. The van der Waals surface area contributed by atoms with Crippen LogP contribution < -0.4 is 10.5 Å². The van der Waals surface area contributed by atoms with Crippen LogP contribution in [0.15, 0.2) is 24.3 Å². The van der Waals surface area contributed by atoms with E-state index in [1.807, 2.05) is 6.92 Å². The molecule has 0 bridgehead atoms. The molecule has 0 amide bonds. The molecule has 0 fully saturated rings. The average molecular weight is 347 g/mol. The summed E-state index contributed by atoms with van der Waals surface area (Å²) in [7, 11) is 0. The van der Waals surface area contributed by atoms with E-state index in [-0.39, 0.29) is 11.7 Å². The highest BCUT2D eigenvalue weighted by Gasteiger charge is 2.32. The Balaban J connectivity index is 2.62. The van der Waals surface area contributed by atoms with Gasteiger partial charge in [-0.2, -0.15) is 0 Å². The Morgan fingerprint density at radius 2 is 1.96 bits per heavy atom. The number of alkyl halides is 3. The van der Waals surface area contributed by atoms with Gasteiger partial charge < -0.3 is 15.6 Å². The van der Waals surface area contributed by atoms with Crippen LogP contribution in [-0.2, 0) is 11.2 Å². The Bertz CT molecular complexity index is 544. The van der Waals surface area contributed by atoms with Crippen molar-refractivity contribution in [2.24, 2.45) is 11.7 Å². The maximum atomic E-state index is 12.4. The van der Waals surface area contributed by atoms with Gasteiger partial charge in [-0.05, 0) is 43.7 Å². The van der Waals surface area contributed by atoms with Crippen molar-refractivity contribution in [3.8, 4) is 5.75 Å². The predicted molar refractivity (Wildman–Crippen MR) is 84.7 cm³/mol. The van der Waals surface area contributed by atoms with E-state index in [9.17, 15) is 18.0 Å². The Labute approximate surface area is 139 Å². The average Bonchev–Trinajstić information content (AvgIpc) is 2.46. The number of nitrogens with two attached hydrogens (primary N) is 1. The van der Waals surface area contributed by atoms with Crippen molar-refractivity contribution in [1.29, 1.82) is 0 Å². The fourth-order valence-corrected chi connectivity index (χ4v) is 2.65. The number of carboxylic acids is 1. The summed E-state index contributed by atoms with van der Waals surface area (Å²) in [5.41, 5.74) is 4.96. The van der Waals surface area contributed by atoms with Crippen LogP contribution in [0.5, 0.6) is 5.75 Å². The molecule has 0 saturated heterocycles. The van der Waals surface area contributed by atoms with E-state index >= 15 is 0 Å². The SMILES string of the molecule is CCC(CCCc1ccccc1OC(F)(F)F)CC(C)(N)C(=O)O. The summed E-state index contributed by atoms with van der Waals surface area (Å²) in [6.07, 6.45) is -1.87. The van der Waals surface area contributed by atoms with Crippen molar-refractivity contribution >= 4 is 5.97 Å². The second-order valence-electron chi connectivity index (χ2n) is 6.25. The van der Waals surface area contributed by atoms with E-state index in [1.54, 1.807) is 12.1 Å². The number of halogens is 3. The lowest BCUT2D eigenvalue weighted by Gasteiger charge is -2.25. The van der Waals surface area contributed by atoms with Gasteiger partial charge in [-0.15, -0.1) is 13.2 Å². The van der Waals surface area contributed by atoms with Gasteiger partial charge >= 0.3 is 12.3 Å². The molecular weight excluding hydrogens is 323 g/mol. The van der Waals surface area contributed by atoms with Gasteiger partial charge in [-0.25, -0.2) is 0 Å². The molecular formula is C17H24F3NO3. The second-order valence-corrected chi connectivity index (χ2v) is 6.25. The van der Waals surface area contributed by atoms with Gasteiger partial charge in [0.05, 0.1) is 0 Å². The fraction of sp³-hybridized carbons (Fsp3) is 0.588. The first-order valence-electron chi connectivity index (χ1n) is 7.91. The van der Waals surface area contributed by atoms with Crippen molar-refractivity contribution in [1.82, 2.24) is 0 Å². The van der Waals surface area contributed by atoms with Crippen LogP contribution in [-0.4, -0.2) is 23.0 Å². The highest BCUT2D eigenvalue weighted by Crippen LogP contribution is 2.29. The summed E-state index contributed by atoms with van der Waals surface area (Å²) in [6, 6.07) is 6.05. The third kappa shape index (κ3) is 6.78. The molecule has 0 aromatic heterocycles. The van der Waals surface area contributed by atoms with Crippen molar-refractivity contribution in [3.05, 3.63) is 29.8 Å². The second kappa shape index (κ2) is 8.37. The molecule has 136 valence electrons. The number of benzene rings is 1. The molecule has 2 atom stereocenters. The van der Waals surface area contributed by atoms with Gasteiger partial charge in [0.15, 0.2) is 0 Å². The van der Waals surface area contributed by atoms with Crippen molar-refractivity contribution in [2.45, 2.75) is 57.9 Å². The van der Waals surface area contributed by atoms with Gasteiger partial charge in [-0.3, -0.25) is 4.79 Å². The molecule has 0 aliphatic heterocycles. The zero-order valence-electron chi connectivity index (χ0n) is 13.9. The van der Waals surface area contributed by atoms with Crippen LogP contribution >= 0.6 is 0 Å². The predicted octanol–water partition coefficient (Wildman–Crippen LogP) is 4.13. The smallest absolute Gasteiger partial charge is 0.480 e. The lowest BCUT2D eigenvalue weighted by molar-refractivity contribution is -0.274. The largest absolute Gasteiger partial charge is 0.573 e. The molecule has 4 nitrogen and oxygen atoms in total. The number of para-hydroxylation sites is 1. The van der Waals surface area contributed by atoms with E-state index in [0.29, 0.717) is 31.2 Å². The molecule has 3 N–H and O–H groups in total. The Kier molecular flexibility index (Phi) is 7.08. The monoisotopic (exact) mass is 347 g/mol. The van der Waals surface area contributed by atoms with Crippen LogP contribution in [0.4, 0.5) is 13.2 Å². The zero-order valence-corrected chi connectivity index (χ0v) is 13.9. The van der Waals surface area contributed by atoms with E-state index in [0.717, 1.165) is 6.42 Å². The van der Waals surface area contributed by atoms with Crippen molar-refractivity contribution in [3.63, 3.8) is 0 Å². The molecule has 0 spiro atoms. The summed E-state index contributed by atoms with van der Waals surface area (Å²) in [5.74, 6) is -1.14. The number of carboxylic acid groups (broad SMARTS) is 1. The standard InChI is InChI=1S/C17H24F3NO3/c1-3-12(11-16(2,21)15(22)23)7-6-9-13-8-4-5-10-14(13)24-17(18,19)20/h4-5,8,10,12H,3,6-7,9,11,21H2,1-2H3,(H,22,23). The lowest BCUT2D eigenvalue weighted by Crippen LogP contribution is -2.46. The molecule has 0 radical (unpaired) electrons. The van der Waals surface area contributed by atoms with Crippen LogP contribution in [0.25, 0.3) is 0 Å². The number of aliphatic carboxylic acids is 1. The number of carbonyl (C=O) groups is 1. The van der Waals surface area contributed by atoms with Gasteiger partial charge in [0.1, 0.15) is 11.3 Å². The van der Waals surface area contributed by atoms with Gasteiger partial charge in [0, 0.05) is 0 Å². The Hall–Kier alpha value is -1.76. The van der Waals surface area contributed by atoms with Crippen LogP contribution in [0.1, 0.15) is 45.1 Å². The van der Waals surface area contributed by atoms with Crippen LogP contribution in [0, 0.1) is 5.92 Å². The highest BCUT2D eigenvalue weighted by atomic mass is 19.4. The molecule has 2 unspecified atom stereocenters. The third-order valence-corrected chi connectivity index (χ3v) is 4.04. The maximum Gasteiger partial charge on any atom is 0.573 e. The number of rotatable bonds is 9. The van der Waals surface area contributed by atoms with Crippen molar-refractivity contribution < 1.29 is 27.8 Å². The summed E-state index contributed by atoms with van der Waals surface area (Å²) in [4.78, 5) is 11.1. The van der Waals surface area contributed by atoms with Crippen molar-refractivity contribution in [2.75, 3.05) is 0 Å². The molecule has 0 saturated carbocycles. The maximum absolute atomic E-state index is 12.4. The molecule has 7 heteroatoms. The van der Waals surface area contributed by atoms with Crippen LogP contribution in [0.3, 0.4) is 0 Å². The summed E-state index contributed by atoms with van der Waals surface area (Å²) in [5, 5.41) is 9.09. The minimum absolute atomic E-state index is 0.104. The van der Waals surface area contributed by atoms with Gasteiger partial charge in [0.2, 0.25) is 0 Å². The number of aryl methyl sites for hydroxylation is 1. The van der Waals surface area contributed by atoms with Crippen LogP contribution in [0.2, 0.25) is 0 Å². The normalized spacial score (nSPS) is 15.6. The summed E-state index contributed by atoms with van der Waals surface area (Å²) in [6.45, 7) is 3.42. The quantitative estimate of drug-likeness (QED) is 0.705. The lowest BCUT2D eigenvalue weighted by atomic mass is 9.85. The van der Waals surface area contributed by atoms with E-state index in [4.69, 9.17) is 10.8 Å². The summed E-state index contributed by atoms with van der Waals surface area (Å²) >= 11 is 0. The number of hydrogen-bond acceptors (Lipinski definition) is 3. The number of ether oxygens (including phenoxy) is 1. The Morgan fingerprint density at radius 3 is 2.50 bits per heavy atom. The first-order valence-corrected chi connectivity index (χ1v) is 7.91. The molecule has 0 aliphatic rings. The third-order valence-electron chi connectivity index (χ3n) is 4.04. The molecule has 1 aromatic carbocycles. The topological polar surface area (TPSA) is 72.5 Å². The highest BCUT2D eigenvalue weighted by molar-refractivity contribution is 5.77. The molecule has 1 rings (SSSR count). The molecule has 24 heavy (non-hydrogen) atoms. The van der Waals surface area contributed by atoms with E-state index in [1.165, 1.54) is 19.1 Å². The summed E-state index contributed by atoms with van der Waals surface area (Å²) < 4.78 is 41.2. The molecule has 1 aromatic rings. The first-order chi connectivity index (χ1) is 11.0. The molecule has 0 heterocycles. The number of hydrogen-bond donors (Lipinski definition) is 2.